The number of pyridine rings is 1. The fourth-order valence-electron chi connectivity index (χ4n) is 3.09. The van der Waals surface area contributed by atoms with E-state index in [0.29, 0.717) is 5.69 Å². The van der Waals surface area contributed by atoms with Crippen LogP contribution in [-0.4, -0.2) is 35.5 Å². The predicted octanol–water partition coefficient (Wildman–Crippen LogP) is 5.44. The van der Waals surface area contributed by atoms with Crippen LogP contribution in [0.2, 0.25) is 10.0 Å². The Labute approximate surface area is 218 Å². The minimum atomic E-state index is -4.92. The summed E-state index contributed by atoms with van der Waals surface area (Å²) in [5.74, 6) is 0. The summed E-state index contributed by atoms with van der Waals surface area (Å²) in [4.78, 5) is 12.6. The first kappa shape index (κ1) is 29.1. The number of non-ortho nitro benzene ring substituents is 1. The molecule has 36 heavy (non-hydrogen) atoms. The van der Waals surface area contributed by atoms with Gasteiger partial charge in [-0.3, -0.25) is 14.7 Å². The molecule has 0 fully saturated rings. The van der Waals surface area contributed by atoms with Crippen LogP contribution in [0.5, 0.6) is 0 Å². The van der Waals surface area contributed by atoms with Crippen molar-refractivity contribution in [2.45, 2.75) is 20.4 Å². The molecule has 0 saturated carbocycles. The van der Waals surface area contributed by atoms with Crippen LogP contribution in [-0.2, 0) is 16.9 Å². The quantitative estimate of drug-likeness (QED) is 0.0968. The van der Waals surface area contributed by atoms with Crippen LogP contribution in [0.25, 0.3) is 0 Å². The fourth-order valence-corrected chi connectivity index (χ4v) is 3.65. The van der Waals surface area contributed by atoms with E-state index in [0.717, 1.165) is 30.9 Å². The molecule has 0 aliphatic heterocycles. The van der Waals surface area contributed by atoms with Gasteiger partial charge < -0.3 is 9.45 Å². The maximum Gasteiger partial charge on any atom is 0.272 e. The summed E-state index contributed by atoms with van der Waals surface area (Å²) in [5, 5.41) is 19.4. The molecule has 1 aromatic heterocycles. The molecule has 0 atom stereocenters. The third-order valence-electron chi connectivity index (χ3n) is 4.80. The molecule has 1 N–H and O–H groups in total. The molecule has 0 aliphatic rings. The van der Waals surface area contributed by atoms with Gasteiger partial charge in [0.15, 0.2) is 18.9 Å². The Morgan fingerprint density at radius 3 is 2.17 bits per heavy atom. The van der Waals surface area contributed by atoms with Crippen LogP contribution in [0.15, 0.2) is 71.2 Å². The van der Waals surface area contributed by atoms with Crippen molar-refractivity contribution in [3.8, 4) is 0 Å². The monoisotopic (exact) mass is 555 g/mol. The topological polar surface area (TPSA) is 152 Å². The standard InChI is InChI=1S/C22H22Cl2N5O2.H2O4S/c1-3-28(12-11-27-9-5-4-6-10-27)17-7-8-21(16(2)13-17)25-26-22-19(23)14-18(29(30)31)15-20(22)24;1-5(2,3)4/h4-10,13-15H,3,11-12H2,1-2H3;(H2,1,2,3,4)/q+1;/p-1. The first-order valence-corrected chi connectivity index (χ1v) is 12.5. The molecular formula is C22H23Cl2N5O6S. The van der Waals surface area contributed by atoms with E-state index >= 15 is 0 Å². The minimum Gasteiger partial charge on any atom is -0.726 e. The molecule has 11 nitrogen and oxygen atoms in total. The number of azo groups is 1. The number of anilines is 1. The number of rotatable bonds is 8. The summed E-state index contributed by atoms with van der Waals surface area (Å²) < 4.78 is 35.0. The van der Waals surface area contributed by atoms with Gasteiger partial charge in [-0.15, -0.1) is 5.11 Å². The Morgan fingerprint density at radius 1 is 1.08 bits per heavy atom. The Morgan fingerprint density at radius 2 is 1.67 bits per heavy atom. The summed E-state index contributed by atoms with van der Waals surface area (Å²) >= 11 is 12.2. The number of nitro benzene ring substituents is 1. The molecule has 192 valence electrons. The average molecular weight is 556 g/mol. The maximum absolute atomic E-state index is 10.9. The van der Waals surface area contributed by atoms with Gasteiger partial charge in [-0.2, -0.15) is 5.11 Å². The molecule has 0 saturated heterocycles. The van der Waals surface area contributed by atoms with E-state index < -0.39 is 15.3 Å². The van der Waals surface area contributed by atoms with E-state index in [9.17, 15) is 10.1 Å². The van der Waals surface area contributed by atoms with Crippen molar-refractivity contribution in [1.29, 1.82) is 0 Å². The van der Waals surface area contributed by atoms with E-state index in [1.807, 2.05) is 37.3 Å². The Kier molecular flexibility index (Phi) is 10.7. The van der Waals surface area contributed by atoms with Crippen molar-refractivity contribution in [2.75, 3.05) is 18.0 Å². The molecule has 3 aromatic rings. The Bertz CT molecular complexity index is 1310. The molecule has 0 radical (unpaired) electrons. The molecule has 2 aromatic carbocycles. The number of halogens is 2. The third-order valence-corrected chi connectivity index (χ3v) is 5.38. The second-order valence-corrected chi connectivity index (χ2v) is 8.98. The van der Waals surface area contributed by atoms with Crippen molar-refractivity contribution < 1.29 is 27.0 Å². The van der Waals surface area contributed by atoms with Gasteiger partial charge >= 0.3 is 0 Å². The third kappa shape index (κ3) is 9.47. The van der Waals surface area contributed by atoms with Gasteiger partial charge in [-0.05, 0) is 37.6 Å². The lowest BCUT2D eigenvalue weighted by Gasteiger charge is -2.22. The molecule has 3 rings (SSSR count). The zero-order valence-electron chi connectivity index (χ0n) is 19.3. The van der Waals surface area contributed by atoms with Crippen molar-refractivity contribution in [3.63, 3.8) is 0 Å². The number of likely N-dealkylation sites (N-methyl/N-ethyl adjacent to an activating group) is 1. The highest BCUT2D eigenvalue weighted by Gasteiger charge is 2.15. The number of hydrogen-bond acceptors (Lipinski definition) is 8. The van der Waals surface area contributed by atoms with Crippen LogP contribution < -0.4 is 9.47 Å². The molecular weight excluding hydrogens is 533 g/mol. The van der Waals surface area contributed by atoms with E-state index in [1.165, 1.54) is 12.1 Å². The van der Waals surface area contributed by atoms with Crippen LogP contribution in [0, 0.1) is 17.0 Å². The molecule has 0 spiro atoms. The van der Waals surface area contributed by atoms with Crippen molar-refractivity contribution in [1.82, 2.24) is 0 Å². The molecule has 1 heterocycles. The number of nitrogens with zero attached hydrogens (tertiary/aromatic N) is 5. The summed E-state index contributed by atoms with van der Waals surface area (Å²) in [6, 6.07) is 14.4. The number of hydrogen-bond donors (Lipinski definition) is 1. The smallest absolute Gasteiger partial charge is 0.272 e. The minimum absolute atomic E-state index is 0.0767. The zero-order chi connectivity index (χ0) is 26.9. The summed E-state index contributed by atoms with van der Waals surface area (Å²) in [7, 11) is -4.92. The summed E-state index contributed by atoms with van der Waals surface area (Å²) in [5.41, 5.74) is 2.72. The van der Waals surface area contributed by atoms with Crippen molar-refractivity contribution >= 4 is 56.4 Å². The van der Waals surface area contributed by atoms with Crippen LogP contribution in [0.3, 0.4) is 0 Å². The molecule has 0 bridgehead atoms. The average Bonchev–Trinajstić information content (AvgIpc) is 2.79. The van der Waals surface area contributed by atoms with E-state index in [1.54, 1.807) is 0 Å². The summed E-state index contributed by atoms with van der Waals surface area (Å²) in [6.07, 6.45) is 4.11. The van der Waals surface area contributed by atoms with Gasteiger partial charge in [0.1, 0.15) is 5.69 Å². The second-order valence-electron chi connectivity index (χ2n) is 7.31. The Hall–Kier alpha value is -3.16. The first-order valence-electron chi connectivity index (χ1n) is 10.4. The predicted molar refractivity (Wildman–Crippen MR) is 135 cm³/mol. The molecule has 0 aliphatic carbocycles. The van der Waals surface area contributed by atoms with Gasteiger partial charge in [0.25, 0.3) is 5.69 Å². The molecule has 0 amide bonds. The largest absolute Gasteiger partial charge is 0.726 e. The van der Waals surface area contributed by atoms with Crippen LogP contribution in [0.1, 0.15) is 12.5 Å². The fraction of sp³-hybridized carbons (Fsp3) is 0.227. The van der Waals surface area contributed by atoms with Gasteiger partial charge in [-0.1, -0.05) is 29.3 Å². The van der Waals surface area contributed by atoms with E-state index in [2.05, 4.69) is 45.1 Å². The number of benzene rings is 2. The highest BCUT2D eigenvalue weighted by Crippen LogP contribution is 2.38. The lowest BCUT2D eigenvalue weighted by Crippen LogP contribution is -2.40. The van der Waals surface area contributed by atoms with Gasteiger partial charge in [0.2, 0.25) is 10.4 Å². The highest BCUT2D eigenvalue weighted by molar-refractivity contribution is 7.79. The van der Waals surface area contributed by atoms with Gasteiger partial charge in [0.05, 0.1) is 27.2 Å². The Balaban J connectivity index is 0.000000830. The van der Waals surface area contributed by atoms with Crippen molar-refractivity contribution in [2.24, 2.45) is 10.2 Å². The molecule has 0 unspecified atom stereocenters. The van der Waals surface area contributed by atoms with E-state index in [4.69, 9.17) is 40.7 Å². The van der Waals surface area contributed by atoms with Gasteiger partial charge in [-0.25, -0.2) is 13.0 Å². The second kappa shape index (κ2) is 13.2. The number of aromatic nitrogens is 1. The maximum atomic E-state index is 10.9. The van der Waals surface area contributed by atoms with E-state index in [-0.39, 0.29) is 21.4 Å². The zero-order valence-corrected chi connectivity index (χ0v) is 21.6. The normalized spacial score (nSPS) is 11.2. The summed E-state index contributed by atoms with van der Waals surface area (Å²) in [6.45, 7) is 6.71. The lowest BCUT2D eigenvalue weighted by atomic mass is 10.1. The highest BCUT2D eigenvalue weighted by atomic mass is 35.5. The van der Waals surface area contributed by atoms with Gasteiger partial charge in [0, 0.05) is 36.5 Å². The first-order chi connectivity index (χ1) is 16.9. The number of nitro groups is 1. The lowest BCUT2D eigenvalue weighted by molar-refractivity contribution is -0.694. The van der Waals surface area contributed by atoms with Crippen LogP contribution in [0.4, 0.5) is 22.7 Å². The number of aryl methyl sites for hydroxylation is 1. The SMILES string of the molecule is CCN(CC[n+]1ccccc1)c1ccc(N=Nc2c(Cl)cc([N+](=O)[O-])cc2Cl)c(C)c1.O=S(=O)([O-])O. The van der Waals surface area contributed by atoms with Crippen LogP contribution >= 0.6 is 23.2 Å². The molecule has 14 heteroatoms. The van der Waals surface area contributed by atoms with Crippen molar-refractivity contribution in [3.05, 3.63) is 86.6 Å².